The van der Waals surface area contributed by atoms with E-state index in [4.69, 9.17) is 4.74 Å². The summed E-state index contributed by atoms with van der Waals surface area (Å²) in [5.74, 6) is 0.688. The van der Waals surface area contributed by atoms with Crippen molar-refractivity contribution >= 4 is 10.0 Å². The van der Waals surface area contributed by atoms with Gasteiger partial charge in [-0.25, -0.2) is 13.2 Å². The van der Waals surface area contributed by atoms with Crippen molar-refractivity contribution in [3.05, 3.63) is 56.9 Å². The van der Waals surface area contributed by atoms with E-state index < -0.39 is 21.3 Å². The van der Waals surface area contributed by atoms with E-state index in [0.717, 1.165) is 20.9 Å². The molecular weight excluding hydrogens is 358 g/mol. The predicted molar refractivity (Wildman–Crippen MR) is 95.8 cm³/mol. The molecule has 0 amide bonds. The first-order valence-electron chi connectivity index (χ1n) is 8.20. The maximum absolute atomic E-state index is 13.2. The molecule has 0 saturated carbocycles. The lowest BCUT2D eigenvalue weighted by Crippen LogP contribution is -2.42. The Labute approximate surface area is 151 Å². The number of nitrogens with zero attached hydrogens (tertiary/aromatic N) is 3. The van der Waals surface area contributed by atoms with Gasteiger partial charge < -0.3 is 9.30 Å². The molecule has 1 fully saturated rings. The van der Waals surface area contributed by atoms with Gasteiger partial charge in [-0.3, -0.25) is 9.36 Å². The van der Waals surface area contributed by atoms with Gasteiger partial charge in [-0.05, 0) is 30.5 Å². The number of hydrogen-bond donors (Lipinski definition) is 0. The van der Waals surface area contributed by atoms with Crippen molar-refractivity contribution in [2.75, 3.05) is 13.7 Å². The fourth-order valence-electron chi connectivity index (χ4n) is 3.27. The van der Waals surface area contributed by atoms with Crippen LogP contribution in [-0.4, -0.2) is 35.5 Å². The van der Waals surface area contributed by atoms with Crippen LogP contribution in [0.25, 0.3) is 0 Å². The second-order valence-electron chi connectivity index (χ2n) is 6.30. The van der Waals surface area contributed by atoms with E-state index in [2.05, 4.69) is 0 Å². The molecule has 0 N–H and O–H groups in total. The van der Waals surface area contributed by atoms with Crippen molar-refractivity contribution in [3.63, 3.8) is 0 Å². The maximum Gasteiger partial charge on any atom is 0.330 e. The lowest BCUT2D eigenvalue weighted by Gasteiger charge is -2.24. The van der Waals surface area contributed by atoms with Crippen molar-refractivity contribution in [1.82, 2.24) is 13.4 Å². The lowest BCUT2D eigenvalue weighted by molar-refractivity contribution is 0.392. The van der Waals surface area contributed by atoms with Crippen molar-refractivity contribution in [2.45, 2.75) is 23.8 Å². The highest BCUT2D eigenvalue weighted by atomic mass is 32.2. The molecule has 140 valence electrons. The van der Waals surface area contributed by atoms with E-state index in [1.54, 1.807) is 19.2 Å². The molecule has 26 heavy (non-hydrogen) atoms. The van der Waals surface area contributed by atoms with Crippen LogP contribution in [0.15, 0.2) is 44.9 Å². The third-order valence-corrected chi connectivity index (χ3v) is 6.60. The van der Waals surface area contributed by atoms with Gasteiger partial charge in [0.1, 0.15) is 5.75 Å². The number of aromatic nitrogens is 2. The van der Waals surface area contributed by atoms with Gasteiger partial charge in [0.15, 0.2) is 4.90 Å². The Kier molecular flexibility index (Phi) is 4.76. The zero-order valence-corrected chi connectivity index (χ0v) is 15.7. The first kappa shape index (κ1) is 18.4. The largest absolute Gasteiger partial charge is 0.497 e. The molecule has 1 aliphatic heterocycles. The Morgan fingerprint density at radius 1 is 1.12 bits per heavy atom. The summed E-state index contributed by atoms with van der Waals surface area (Å²) in [7, 11) is 0.226. The highest BCUT2D eigenvalue weighted by Gasteiger charge is 2.38. The number of aryl methyl sites for hydroxylation is 1. The lowest BCUT2D eigenvalue weighted by atomic mass is 10.1. The van der Waals surface area contributed by atoms with Gasteiger partial charge in [0, 0.05) is 26.8 Å². The third kappa shape index (κ3) is 2.97. The Morgan fingerprint density at radius 3 is 2.38 bits per heavy atom. The predicted octanol–water partition coefficient (Wildman–Crippen LogP) is 0.618. The van der Waals surface area contributed by atoms with E-state index in [1.807, 2.05) is 12.1 Å². The van der Waals surface area contributed by atoms with E-state index >= 15 is 0 Å². The zero-order valence-electron chi connectivity index (χ0n) is 14.9. The molecule has 8 nitrogen and oxygen atoms in total. The van der Waals surface area contributed by atoms with E-state index in [9.17, 15) is 18.0 Å². The monoisotopic (exact) mass is 379 g/mol. The summed E-state index contributed by atoms with van der Waals surface area (Å²) >= 11 is 0. The molecule has 1 aliphatic rings. The fraction of sp³-hybridized carbons (Fsp3) is 0.412. The van der Waals surface area contributed by atoms with Gasteiger partial charge in [-0.15, -0.1) is 0 Å². The van der Waals surface area contributed by atoms with Crippen LogP contribution in [0.5, 0.6) is 5.75 Å². The van der Waals surface area contributed by atoms with Crippen LogP contribution in [0, 0.1) is 0 Å². The van der Waals surface area contributed by atoms with E-state index in [0.29, 0.717) is 25.1 Å². The van der Waals surface area contributed by atoms with E-state index in [1.165, 1.54) is 18.4 Å². The second kappa shape index (κ2) is 6.73. The Bertz CT molecular complexity index is 1040. The summed E-state index contributed by atoms with van der Waals surface area (Å²) in [6.07, 6.45) is 2.46. The molecule has 0 radical (unpaired) electrons. The molecule has 1 aromatic heterocycles. The summed E-state index contributed by atoms with van der Waals surface area (Å²) in [6.45, 7) is 0.324. The van der Waals surface area contributed by atoms with Gasteiger partial charge >= 0.3 is 5.69 Å². The summed E-state index contributed by atoms with van der Waals surface area (Å²) in [5.41, 5.74) is -0.538. The molecule has 0 spiro atoms. The summed E-state index contributed by atoms with van der Waals surface area (Å²) < 4.78 is 34.7. The average Bonchev–Trinajstić information content (AvgIpc) is 3.13. The SMILES string of the molecule is COc1ccc([C@@H]2CCCN2S(=O)(=O)c2cn(C)c(=O)n(C)c2=O)cc1. The van der Waals surface area contributed by atoms with Crippen LogP contribution >= 0.6 is 0 Å². The minimum absolute atomic E-state index is 0.324. The Balaban J connectivity index is 2.06. The number of benzene rings is 1. The van der Waals surface area contributed by atoms with Gasteiger partial charge in [-0.1, -0.05) is 12.1 Å². The molecule has 2 aromatic rings. The topological polar surface area (TPSA) is 90.6 Å². The minimum atomic E-state index is -4.04. The molecule has 1 atom stereocenters. The van der Waals surface area contributed by atoms with Crippen LogP contribution in [0.4, 0.5) is 0 Å². The van der Waals surface area contributed by atoms with Crippen LogP contribution in [0.1, 0.15) is 24.4 Å². The van der Waals surface area contributed by atoms with Crippen molar-refractivity contribution < 1.29 is 13.2 Å². The summed E-state index contributed by atoms with van der Waals surface area (Å²) in [4.78, 5) is 23.9. The highest BCUT2D eigenvalue weighted by Crippen LogP contribution is 2.36. The van der Waals surface area contributed by atoms with Gasteiger partial charge in [0.25, 0.3) is 15.6 Å². The maximum atomic E-state index is 13.2. The number of rotatable bonds is 4. The molecule has 0 unspecified atom stereocenters. The highest BCUT2D eigenvalue weighted by molar-refractivity contribution is 7.89. The summed E-state index contributed by atoms with van der Waals surface area (Å²) in [5, 5.41) is 0. The molecule has 0 bridgehead atoms. The third-order valence-electron chi connectivity index (χ3n) is 4.71. The smallest absolute Gasteiger partial charge is 0.330 e. The van der Waals surface area contributed by atoms with Gasteiger partial charge in [-0.2, -0.15) is 4.31 Å². The van der Waals surface area contributed by atoms with Crippen LogP contribution in [0.2, 0.25) is 0 Å². The number of methoxy groups -OCH3 is 1. The molecule has 3 rings (SSSR count). The van der Waals surface area contributed by atoms with Crippen LogP contribution < -0.4 is 16.0 Å². The first-order chi connectivity index (χ1) is 12.3. The fourth-order valence-corrected chi connectivity index (χ4v) is 5.10. The normalized spacial score (nSPS) is 18.2. The number of sulfonamides is 1. The van der Waals surface area contributed by atoms with Crippen molar-refractivity contribution in [3.8, 4) is 5.75 Å². The first-order valence-corrected chi connectivity index (χ1v) is 9.64. The zero-order chi connectivity index (χ0) is 19.1. The van der Waals surface area contributed by atoms with Crippen LogP contribution in [0.3, 0.4) is 0 Å². The molecule has 0 aliphatic carbocycles. The average molecular weight is 379 g/mol. The summed E-state index contributed by atoms with van der Waals surface area (Å²) in [6, 6.07) is 6.87. The standard InChI is InChI=1S/C17H21N3O5S/c1-18-11-15(16(21)19(2)17(18)22)26(23,24)20-10-4-5-14(20)12-6-8-13(25-3)9-7-12/h6-9,11,14H,4-5,10H2,1-3H3/t14-/m0/s1. The Morgan fingerprint density at radius 2 is 1.77 bits per heavy atom. The van der Waals surface area contributed by atoms with Gasteiger partial charge in [0.05, 0.1) is 13.2 Å². The van der Waals surface area contributed by atoms with Crippen LogP contribution in [-0.2, 0) is 24.1 Å². The van der Waals surface area contributed by atoms with Crippen molar-refractivity contribution in [2.24, 2.45) is 14.1 Å². The van der Waals surface area contributed by atoms with Crippen molar-refractivity contribution in [1.29, 1.82) is 0 Å². The number of ether oxygens (including phenoxy) is 1. The molecule has 9 heteroatoms. The molecule has 1 aromatic carbocycles. The molecular formula is C17H21N3O5S. The second-order valence-corrected chi connectivity index (χ2v) is 8.16. The molecule has 2 heterocycles. The molecule has 1 saturated heterocycles. The quantitative estimate of drug-likeness (QED) is 0.777. The Hall–Kier alpha value is -2.39. The number of hydrogen-bond acceptors (Lipinski definition) is 5. The van der Waals surface area contributed by atoms with Gasteiger partial charge in [0.2, 0.25) is 0 Å². The van der Waals surface area contributed by atoms with E-state index in [-0.39, 0.29) is 10.9 Å². The minimum Gasteiger partial charge on any atom is -0.497 e.